The van der Waals surface area contributed by atoms with Crippen molar-refractivity contribution in [3.63, 3.8) is 0 Å². The zero-order valence-electron chi connectivity index (χ0n) is 26.9. The van der Waals surface area contributed by atoms with Crippen LogP contribution in [0.25, 0.3) is 0 Å². The number of piperidine rings is 1. The Labute approximate surface area is 273 Å². The highest BCUT2D eigenvalue weighted by Gasteiger charge is 2.73. The van der Waals surface area contributed by atoms with Gasteiger partial charge in [0.25, 0.3) is 0 Å². The lowest BCUT2D eigenvalue weighted by molar-refractivity contribution is -0.200. The number of likely N-dealkylation sites (tertiary alicyclic amines) is 1. The molecule has 242 valence electrons. The van der Waals surface area contributed by atoms with Gasteiger partial charge in [0.1, 0.15) is 6.10 Å². The van der Waals surface area contributed by atoms with Gasteiger partial charge in [0.15, 0.2) is 17.3 Å². The SMILES string of the molecule is O=C(CN(CCCCCCc1ccccc1)[C@@H]1CC[C@@]2(O)[C@H]3Cc4ccc(O)c5c4[C@@]2(CCN3CC2CC2)[C@H]1O5)c1ccccc1. The molecule has 2 heterocycles. The summed E-state index contributed by atoms with van der Waals surface area (Å²) in [5, 5.41) is 24.1. The average molecular weight is 621 g/mol. The molecule has 3 fully saturated rings. The molecule has 5 atom stereocenters. The molecule has 2 N–H and O–H groups in total. The molecule has 3 aromatic carbocycles. The molecule has 5 aliphatic rings. The zero-order valence-corrected chi connectivity index (χ0v) is 26.9. The third-order valence-corrected chi connectivity index (χ3v) is 12.1. The van der Waals surface area contributed by atoms with E-state index in [9.17, 15) is 15.0 Å². The summed E-state index contributed by atoms with van der Waals surface area (Å²) in [6.07, 6.45) is 10.9. The average Bonchev–Trinajstić information content (AvgIpc) is 3.82. The third-order valence-electron chi connectivity index (χ3n) is 12.1. The molecule has 1 saturated heterocycles. The highest BCUT2D eigenvalue weighted by molar-refractivity contribution is 5.97. The normalized spacial score (nSPS) is 29.4. The van der Waals surface area contributed by atoms with Crippen LogP contribution >= 0.6 is 0 Å². The Balaban J connectivity index is 1.07. The number of ketones is 1. The van der Waals surface area contributed by atoms with E-state index in [2.05, 4.69) is 46.2 Å². The quantitative estimate of drug-likeness (QED) is 0.172. The van der Waals surface area contributed by atoms with Gasteiger partial charge >= 0.3 is 0 Å². The molecule has 2 aliphatic heterocycles. The minimum Gasteiger partial charge on any atom is -0.504 e. The largest absolute Gasteiger partial charge is 0.504 e. The number of carbonyl (C=O) groups excluding carboxylic acids is 1. The van der Waals surface area contributed by atoms with Crippen LogP contribution in [0.15, 0.2) is 72.8 Å². The molecule has 2 bridgehead atoms. The summed E-state index contributed by atoms with van der Waals surface area (Å²) in [6, 6.07) is 24.2. The third kappa shape index (κ3) is 5.08. The lowest BCUT2D eigenvalue weighted by Crippen LogP contribution is -2.78. The number of unbranched alkanes of at least 4 members (excludes halogenated alkanes) is 3. The Morgan fingerprint density at radius 2 is 1.67 bits per heavy atom. The van der Waals surface area contributed by atoms with Crippen molar-refractivity contribution < 1.29 is 19.7 Å². The fourth-order valence-corrected chi connectivity index (χ4v) is 9.73. The zero-order chi connectivity index (χ0) is 31.3. The second-order valence-corrected chi connectivity index (χ2v) is 14.8. The molecule has 0 amide bonds. The number of aromatic hydroxyl groups is 1. The van der Waals surface area contributed by atoms with Crippen LogP contribution in [0.4, 0.5) is 0 Å². The molecule has 0 aromatic heterocycles. The molecule has 1 spiro atoms. The maximum Gasteiger partial charge on any atom is 0.176 e. The maximum atomic E-state index is 13.7. The van der Waals surface area contributed by atoms with Crippen LogP contribution in [0, 0.1) is 5.92 Å². The van der Waals surface area contributed by atoms with Crippen LogP contribution in [0.1, 0.15) is 84.8 Å². The number of aryl methyl sites for hydroxylation is 1. The van der Waals surface area contributed by atoms with E-state index in [0.29, 0.717) is 18.7 Å². The first-order chi connectivity index (χ1) is 22.5. The molecule has 6 nitrogen and oxygen atoms in total. The summed E-state index contributed by atoms with van der Waals surface area (Å²) in [5.41, 5.74) is 2.91. The van der Waals surface area contributed by atoms with E-state index in [0.717, 1.165) is 88.0 Å². The first kappa shape index (κ1) is 30.2. The Bertz CT molecular complexity index is 1560. The van der Waals surface area contributed by atoms with Gasteiger partial charge in [-0.3, -0.25) is 14.6 Å². The second kappa shape index (κ2) is 12.1. The monoisotopic (exact) mass is 620 g/mol. The summed E-state index contributed by atoms with van der Waals surface area (Å²) in [7, 11) is 0. The number of phenols is 1. The molecule has 2 saturated carbocycles. The van der Waals surface area contributed by atoms with Crippen molar-refractivity contribution in [1.82, 2.24) is 9.80 Å². The molecule has 3 aliphatic carbocycles. The number of carbonyl (C=O) groups is 1. The van der Waals surface area contributed by atoms with E-state index >= 15 is 0 Å². The molecule has 0 radical (unpaired) electrons. The van der Waals surface area contributed by atoms with Crippen LogP contribution in [-0.2, 0) is 18.3 Å². The van der Waals surface area contributed by atoms with E-state index in [1.807, 2.05) is 30.3 Å². The number of Topliss-reactive ketones (excluding diaryl/α,β-unsaturated/α-hetero) is 1. The van der Waals surface area contributed by atoms with Crippen LogP contribution in [-0.4, -0.2) is 75.8 Å². The predicted molar refractivity (Wildman–Crippen MR) is 180 cm³/mol. The minimum atomic E-state index is -0.917. The minimum absolute atomic E-state index is 0.0226. The van der Waals surface area contributed by atoms with E-state index in [1.54, 1.807) is 6.07 Å². The number of nitrogens with zero attached hydrogens (tertiary/aromatic N) is 2. The topological polar surface area (TPSA) is 73.2 Å². The number of rotatable bonds is 13. The lowest BCUT2D eigenvalue weighted by Gasteiger charge is -2.65. The summed E-state index contributed by atoms with van der Waals surface area (Å²) in [6.45, 7) is 3.16. The van der Waals surface area contributed by atoms with Crippen molar-refractivity contribution in [2.24, 2.45) is 5.92 Å². The van der Waals surface area contributed by atoms with Gasteiger partial charge in [0.2, 0.25) is 0 Å². The van der Waals surface area contributed by atoms with E-state index in [4.69, 9.17) is 4.74 Å². The highest BCUT2D eigenvalue weighted by Crippen LogP contribution is 2.66. The summed E-state index contributed by atoms with van der Waals surface area (Å²) < 4.78 is 6.90. The first-order valence-electron chi connectivity index (χ1n) is 17.8. The number of hydrogen-bond acceptors (Lipinski definition) is 6. The van der Waals surface area contributed by atoms with Crippen LogP contribution in [0.2, 0.25) is 0 Å². The number of benzene rings is 3. The van der Waals surface area contributed by atoms with Crippen molar-refractivity contribution in [2.75, 3.05) is 26.2 Å². The molecule has 46 heavy (non-hydrogen) atoms. The van der Waals surface area contributed by atoms with Gasteiger partial charge in [0, 0.05) is 29.8 Å². The summed E-state index contributed by atoms with van der Waals surface area (Å²) in [4.78, 5) is 18.7. The molecule has 8 rings (SSSR count). The van der Waals surface area contributed by atoms with Crippen molar-refractivity contribution in [2.45, 2.75) is 99.8 Å². The van der Waals surface area contributed by atoms with Gasteiger partial charge in [-0.05, 0) is 94.0 Å². The number of aliphatic hydroxyl groups is 1. The molecule has 0 unspecified atom stereocenters. The summed E-state index contributed by atoms with van der Waals surface area (Å²) >= 11 is 0. The number of phenolic OH excluding ortho intramolecular Hbond substituents is 1. The summed E-state index contributed by atoms with van der Waals surface area (Å²) in [5.74, 6) is 1.64. The lowest BCUT2D eigenvalue weighted by atomic mass is 9.48. The predicted octanol–water partition coefficient (Wildman–Crippen LogP) is 6.31. The van der Waals surface area contributed by atoms with Gasteiger partial charge in [0.05, 0.1) is 17.6 Å². The van der Waals surface area contributed by atoms with Crippen molar-refractivity contribution >= 4 is 5.78 Å². The maximum absolute atomic E-state index is 13.7. The smallest absolute Gasteiger partial charge is 0.176 e. The van der Waals surface area contributed by atoms with Gasteiger partial charge in [-0.15, -0.1) is 0 Å². The van der Waals surface area contributed by atoms with Crippen molar-refractivity contribution in [3.8, 4) is 11.5 Å². The standard InChI is InChI=1S/C40H48N2O4/c43-33-19-18-31-25-35-40(45)21-20-32(38-39(40,36(31)37(33)46-38)22-24-42(35)26-29-16-17-29)41(27-34(44)30-14-8-4-9-15-30)23-10-2-1-5-11-28-12-6-3-7-13-28/h3-4,6-9,12-15,18-19,29,32,35,38,43,45H,1-2,5,10-11,16-17,20-27H2/t32-,35-,38+,39+,40-/m1/s1. The van der Waals surface area contributed by atoms with Crippen molar-refractivity contribution in [3.05, 3.63) is 95.1 Å². The Kier molecular flexibility index (Phi) is 7.94. The highest BCUT2D eigenvalue weighted by atomic mass is 16.5. The van der Waals surface area contributed by atoms with Gasteiger partial charge in [-0.1, -0.05) is 79.6 Å². The van der Waals surface area contributed by atoms with Crippen LogP contribution in [0.5, 0.6) is 11.5 Å². The van der Waals surface area contributed by atoms with Crippen LogP contribution < -0.4 is 4.74 Å². The second-order valence-electron chi connectivity index (χ2n) is 14.8. The van der Waals surface area contributed by atoms with Gasteiger partial charge in [-0.2, -0.15) is 0 Å². The van der Waals surface area contributed by atoms with E-state index in [-0.39, 0.29) is 29.7 Å². The molecular formula is C40H48N2O4. The molecular weight excluding hydrogens is 572 g/mol. The van der Waals surface area contributed by atoms with E-state index < -0.39 is 11.0 Å². The fourth-order valence-electron chi connectivity index (χ4n) is 9.73. The van der Waals surface area contributed by atoms with Crippen molar-refractivity contribution in [1.29, 1.82) is 0 Å². The van der Waals surface area contributed by atoms with Gasteiger partial charge < -0.3 is 14.9 Å². The number of hydrogen-bond donors (Lipinski definition) is 2. The fraction of sp³-hybridized carbons (Fsp3) is 0.525. The number of ether oxygens (including phenoxy) is 1. The van der Waals surface area contributed by atoms with Gasteiger partial charge in [-0.25, -0.2) is 0 Å². The first-order valence-corrected chi connectivity index (χ1v) is 17.8. The Morgan fingerprint density at radius 1 is 0.913 bits per heavy atom. The van der Waals surface area contributed by atoms with E-state index in [1.165, 1.54) is 24.0 Å². The van der Waals surface area contributed by atoms with Crippen LogP contribution in [0.3, 0.4) is 0 Å². The Hall–Kier alpha value is -3.19. The molecule has 6 heteroatoms. The Morgan fingerprint density at radius 3 is 2.46 bits per heavy atom. The molecule has 3 aromatic rings.